The van der Waals surface area contributed by atoms with Crippen LogP contribution in [-0.4, -0.2) is 44.4 Å². The summed E-state index contributed by atoms with van der Waals surface area (Å²) in [5.74, 6) is 0. The minimum absolute atomic E-state index is 0.00259. The van der Waals surface area contributed by atoms with Gasteiger partial charge >= 0.3 is 0 Å². The van der Waals surface area contributed by atoms with Crippen LogP contribution in [0.25, 0.3) is 0 Å². The molecule has 0 aromatic rings. The van der Waals surface area contributed by atoms with Crippen LogP contribution < -0.4 is 0 Å². The van der Waals surface area contributed by atoms with Gasteiger partial charge in [0.05, 0.1) is 12.7 Å². The molecule has 1 heterocycles. The molecule has 1 N–H and O–H groups in total. The second-order valence-electron chi connectivity index (χ2n) is 2.53. The van der Waals surface area contributed by atoms with Gasteiger partial charge in [-0.25, -0.2) is 0 Å². The van der Waals surface area contributed by atoms with Crippen molar-refractivity contribution in [3.63, 3.8) is 0 Å². The Balaban J connectivity index is 2.11. The van der Waals surface area contributed by atoms with Crippen LogP contribution in [0.1, 0.15) is 6.42 Å². The lowest BCUT2D eigenvalue weighted by molar-refractivity contribution is -0.109. The summed E-state index contributed by atoms with van der Waals surface area (Å²) in [4.78, 5) is 0. The van der Waals surface area contributed by atoms with E-state index in [9.17, 15) is 0 Å². The molecule has 66 valence electrons. The van der Waals surface area contributed by atoms with Crippen molar-refractivity contribution >= 4 is 0 Å². The molecule has 0 unspecified atom stereocenters. The maximum atomic E-state index is 8.63. The van der Waals surface area contributed by atoms with E-state index in [2.05, 4.69) is 0 Å². The molecule has 1 aliphatic rings. The van der Waals surface area contributed by atoms with Crippen molar-refractivity contribution in [3.05, 3.63) is 0 Å². The van der Waals surface area contributed by atoms with E-state index in [0.29, 0.717) is 6.42 Å². The van der Waals surface area contributed by atoms with Gasteiger partial charge in [0, 0.05) is 20.6 Å². The fraction of sp³-hybridized carbons (Fsp3) is 1.00. The average Bonchev–Trinajstić information content (AvgIpc) is 2.78. The van der Waals surface area contributed by atoms with E-state index in [1.54, 1.807) is 14.2 Å². The van der Waals surface area contributed by atoms with Crippen LogP contribution in [0.4, 0.5) is 0 Å². The highest BCUT2D eigenvalue weighted by Crippen LogP contribution is 2.26. The van der Waals surface area contributed by atoms with Crippen LogP contribution in [0.3, 0.4) is 0 Å². The number of rotatable bonds is 5. The number of ether oxygens (including phenoxy) is 3. The van der Waals surface area contributed by atoms with E-state index in [-0.39, 0.29) is 25.1 Å². The van der Waals surface area contributed by atoms with Gasteiger partial charge < -0.3 is 19.3 Å². The molecule has 0 spiro atoms. The normalized spacial score (nSPS) is 29.5. The first-order chi connectivity index (χ1) is 5.31. The number of methoxy groups -OCH3 is 2. The molecule has 0 radical (unpaired) electrons. The zero-order valence-corrected chi connectivity index (χ0v) is 6.82. The molecule has 1 rings (SSSR count). The van der Waals surface area contributed by atoms with Crippen molar-refractivity contribution in [2.45, 2.75) is 24.9 Å². The molecule has 0 aliphatic carbocycles. The van der Waals surface area contributed by atoms with E-state index < -0.39 is 0 Å². The van der Waals surface area contributed by atoms with Crippen molar-refractivity contribution in [2.24, 2.45) is 0 Å². The van der Waals surface area contributed by atoms with Gasteiger partial charge in [0.2, 0.25) is 0 Å². The van der Waals surface area contributed by atoms with Crippen LogP contribution in [0.2, 0.25) is 0 Å². The SMILES string of the molecule is COC(C[C@@H]1O[C@H]1CO)OC. The van der Waals surface area contributed by atoms with Gasteiger partial charge in [0.15, 0.2) is 6.29 Å². The molecule has 1 aliphatic heterocycles. The van der Waals surface area contributed by atoms with Gasteiger partial charge in [0.1, 0.15) is 6.10 Å². The predicted octanol–water partition coefficient (Wildman–Crippen LogP) is -0.245. The molecule has 4 heteroatoms. The summed E-state index contributed by atoms with van der Waals surface area (Å²) in [5, 5.41) is 8.63. The fourth-order valence-corrected chi connectivity index (χ4v) is 1.03. The molecule has 0 aromatic carbocycles. The number of aliphatic hydroxyl groups excluding tert-OH is 1. The number of aliphatic hydroxyl groups is 1. The first kappa shape index (κ1) is 8.93. The van der Waals surface area contributed by atoms with E-state index in [1.807, 2.05) is 0 Å². The Labute approximate surface area is 66.1 Å². The summed E-state index contributed by atoms with van der Waals surface area (Å²) < 4.78 is 15.0. The lowest BCUT2D eigenvalue weighted by Crippen LogP contribution is -2.16. The molecule has 0 saturated carbocycles. The van der Waals surface area contributed by atoms with Gasteiger partial charge in [-0.05, 0) is 0 Å². The highest BCUT2D eigenvalue weighted by atomic mass is 16.7. The van der Waals surface area contributed by atoms with Crippen LogP contribution >= 0.6 is 0 Å². The van der Waals surface area contributed by atoms with E-state index in [4.69, 9.17) is 19.3 Å². The summed E-state index contributed by atoms with van der Waals surface area (Å²) in [6.45, 7) is 0.0881. The highest BCUT2D eigenvalue weighted by Gasteiger charge is 2.39. The van der Waals surface area contributed by atoms with Crippen LogP contribution in [0.5, 0.6) is 0 Å². The summed E-state index contributed by atoms with van der Waals surface area (Å²) in [5.41, 5.74) is 0. The summed E-state index contributed by atoms with van der Waals surface area (Å²) >= 11 is 0. The molecule has 0 aromatic heterocycles. The summed E-state index contributed by atoms with van der Waals surface area (Å²) in [7, 11) is 3.18. The summed E-state index contributed by atoms with van der Waals surface area (Å²) in [6, 6.07) is 0. The third kappa shape index (κ3) is 2.41. The Hall–Kier alpha value is -0.160. The van der Waals surface area contributed by atoms with Crippen molar-refractivity contribution in [2.75, 3.05) is 20.8 Å². The molecule has 4 nitrogen and oxygen atoms in total. The minimum Gasteiger partial charge on any atom is -0.394 e. The molecule has 0 bridgehead atoms. The van der Waals surface area contributed by atoms with Crippen LogP contribution in [0.15, 0.2) is 0 Å². The van der Waals surface area contributed by atoms with Gasteiger partial charge in [-0.2, -0.15) is 0 Å². The molecule has 1 saturated heterocycles. The Morgan fingerprint density at radius 1 is 1.36 bits per heavy atom. The zero-order valence-electron chi connectivity index (χ0n) is 6.82. The average molecular weight is 162 g/mol. The van der Waals surface area contributed by atoms with Crippen molar-refractivity contribution in [1.82, 2.24) is 0 Å². The number of hydrogen-bond acceptors (Lipinski definition) is 4. The minimum atomic E-state index is -0.212. The molecule has 2 atom stereocenters. The van der Waals surface area contributed by atoms with Crippen molar-refractivity contribution in [1.29, 1.82) is 0 Å². The monoisotopic (exact) mass is 162 g/mol. The topological polar surface area (TPSA) is 51.2 Å². The van der Waals surface area contributed by atoms with Gasteiger partial charge in [-0.15, -0.1) is 0 Å². The van der Waals surface area contributed by atoms with Gasteiger partial charge in [-0.3, -0.25) is 0 Å². The Bertz CT molecular complexity index is 113. The molecule has 11 heavy (non-hydrogen) atoms. The molecule has 0 amide bonds. The maximum Gasteiger partial charge on any atom is 0.159 e. The molecular formula is C7H14O4. The number of hydrogen-bond donors (Lipinski definition) is 1. The lowest BCUT2D eigenvalue weighted by Gasteiger charge is -2.10. The third-order valence-corrected chi connectivity index (χ3v) is 1.82. The Morgan fingerprint density at radius 2 is 2.00 bits per heavy atom. The quantitative estimate of drug-likeness (QED) is 0.447. The van der Waals surface area contributed by atoms with Gasteiger partial charge in [0.25, 0.3) is 0 Å². The fourth-order valence-electron chi connectivity index (χ4n) is 1.03. The highest BCUT2D eigenvalue weighted by molar-refractivity contribution is 4.84. The lowest BCUT2D eigenvalue weighted by atomic mass is 10.2. The second kappa shape index (κ2) is 4.01. The van der Waals surface area contributed by atoms with Crippen LogP contribution in [0, 0.1) is 0 Å². The Morgan fingerprint density at radius 3 is 2.36 bits per heavy atom. The van der Waals surface area contributed by atoms with E-state index >= 15 is 0 Å². The molecule has 1 fully saturated rings. The largest absolute Gasteiger partial charge is 0.394 e. The zero-order chi connectivity index (χ0) is 8.27. The van der Waals surface area contributed by atoms with E-state index in [1.165, 1.54) is 0 Å². The smallest absolute Gasteiger partial charge is 0.159 e. The van der Waals surface area contributed by atoms with E-state index in [0.717, 1.165) is 0 Å². The van der Waals surface area contributed by atoms with Crippen molar-refractivity contribution in [3.8, 4) is 0 Å². The first-order valence-electron chi connectivity index (χ1n) is 3.63. The summed E-state index contributed by atoms with van der Waals surface area (Å²) in [6.07, 6.45) is 0.599. The second-order valence-corrected chi connectivity index (χ2v) is 2.53. The van der Waals surface area contributed by atoms with Gasteiger partial charge in [-0.1, -0.05) is 0 Å². The predicted molar refractivity (Wildman–Crippen MR) is 38.2 cm³/mol. The van der Waals surface area contributed by atoms with Crippen molar-refractivity contribution < 1.29 is 19.3 Å². The standard InChI is InChI=1S/C7H14O4/c1-9-7(10-2)3-5-6(4-8)11-5/h5-8H,3-4H2,1-2H3/t5-,6-/m0/s1. The first-order valence-corrected chi connectivity index (χ1v) is 3.63. The number of epoxide rings is 1. The molecular weight excluding hydrogens is 148 g/mol. The Kier molecular flexibility index (Phi) is 3.26. The third-order valence-electron chi connectivity index (χ3n) is 1.82. The van der Waals surface area contributed by atoms with Crippen LogP contribution in [-0.2, 0) is 14.2 Å². The maximum absolute atomic E-state index is 8.63.